The van der Waals surface area contributed by atoms with Gasteiger partial charge in [-0.2, -0.15) is 0 Å². The molecule has 0 aliphatic carbocycles. The molecule has 4 rings (SSSR count). The summed E-state index contributed by atoms with van der Waals surface area (Å²) in [5.41, 5.74) is 0.859. The lowest BCUT2D eigenvalue weighted by Crippen LogP contribution is -2.50. The molecule has 0 bridgehead atoms. The number of aromatic nitrogens is 1. The Kier molecular flexibility index (Phi) is 5.60. The molecule has 1 aliphatic rings. The van der Waals surface area contributed by atoms with Gasteiger partial charge in [0.1, 0.15) is 10.8 Å². The van der Waals surface area contributed by atoms with E-state index in [4.69, 9.17) is 11.6 Å². The summed E-state index contributed by atoms with van der Waals surface area (Å²) < 4.78 is 15.0. The number of nitrogens with zero attached hydrogens (tertiary/aromatic N) is 3. The summed E-state index contributed by atoms with van der Waals surface area (Å²) in [4.78, 5) is 32.7. The first-order chi connectivity index (χ1) is 14.0. The van der Waals surface area contributed by atoms with Crippen LogP contribution in [0, 0.1) is 5.82 Å². The van der Waals surface area contributed by atoms with Crippen LogP contribution in [0.2, 0.25) is 5.02 Å². The Morgan fingerprint density at radius 1 is 1.07 bits per heavy atom. The summed E-state index contributed by atoms with van der Waals surface area (Å²) >= 11 is 7.40. The Balaban J connectivity index is 1.37. The molecule has 2 heterocycles. The van der Waals surface area contributed by atoms with Gasteiger partial charge in [0.2, 0.25) is 5.91 Å². The molecule has 0 saturated carbocycles. The fraction of sp³-hybridized carbons (Fsp3) is 0.190. The topological polar surface area (TPSA) is 53.5 Å². The fourth-order valence-electron chi connectivity index (χ4n) is 3.17. The molecule has 1 saturated heterocycles. The Hall–Kier alpha value is -2.77. The number of carbonyl (C=O) groups is 2. The Morgan fingerprint density at radius 3 is 2.55 bits per heavy atom. The molecule has 0 N–H and O–H groups in total. The highest BCUT2D eigenvalue weighted by molar-refractivity contribution is 7.19. The van der Waals surface area contributed by atoms with Crippen molar-refractivity contribution < 1.29 is 14.0 Å². The van der Waals surface area contributed by atoms with Crippen molar-refractivity contribution in [1.29, 1.82) is 0 Å². The van der Waals surface area contributed by atoms with Crippen molar-refractivity contribution in [3.8, 4) is 0 Å². The van der Waals surface area contributed by atoms with E-state index < -0.39 is 11.7 Å². The molecule has 3 aromatic rings. The zero-order valence-electron chi connectivity index (χ0n) is 15.3. The van der Waals surface area contributed by atoms with E-state index in [-0.39, 0.29) is 11.5 Å². The second kappa shape index (κ2) is 8.31. The standard InChI is InChI=1S/C21H17ClFN3O2S/c22-14-5-6-16(23)15(13-14)21(28)26-11-9-25(10-12-26)20(27)8-7-19-24-17-3-1-2-4-18(17)29-19/h1-8,13H,9-12H2/b8-7+. The number of piperazine rings is 1. The van der Waals surface area contributed by atoms with Gasteiger partial charge in [0.05, 0.1) is 15.8 Å². The smallest absolute Gasteiger partial charge is 0.257 e. The first-order valence-electron chi connectivity index (χ1n) is 9.08. The van der Waals surface area contributed by atoms with Gasteiger partial charge in [-0.15, -0.1) is 11.3 Å². The number of fused-ring (bicyclic) bond motifs is 1. The van der Waals surface area contributed by atoms with Crippen molar-refractivity contribution in [3.63, 3.8) is 0 Å². The lowest BCUT2D eigenvalue weighted by Gasteiger charge is -2.34. The van der Waals surface area contributed by atoms with Crippen LogP contribution in [0.15, 0.2) is 48.5 Å². The molecule has 2 aromatic carbocycles. The first kappa shape index (κ1) is 19.5. The first-order valence-corrected chi connectivity index (χ1v) is 10.3. The Labute approximate surface area is 176 Å². The molecule has 5 nitrogen and oxygen atoms in total. The molecule has 29 heavy (non-hydrogen) atoms. The summed E-state index contributed by atoms with van der Waals surface area (Å²) in [5, 5.41) is 1.08. The van der Waals surface area contributed by atoms with Gasteiger partial charge in [-0.05, 0) is 36.4 Å². The van der Waals surface area contributed by atoms with E-state index in [0.29, 0.717) is 31.2 Å². The number of rotatable bonds is 3. The number of hydrogen-bond acceptors (Lipinski definition) is 4. The Morgan fingerprint density at radius 2 is 1.79 bits per heavy atom. The van der Waals surface area contributed by atoms with Crippen molar-refractivity contribution in [2.75, 3.05) is 26.2 Å². The van der Waals surface area contributed by atoms with Gasteiger partial charge >= 0.3 is 0 Å². The minimum atomic E-state index is -0.600. The van der Waals surface area contributed by atoms with Crippen molar-refractivity contribution in [2.45, 2.75) is 0 Å². The number of carbonyl (C=O) groups excluding carboxylic acids is 2. The summed E-state index contributed by atoms with van der Waals surface area (Å²) in [5.74, 6) is -1.15. The number of halogens is 2. The molecule has 8 heteroatoms. The lowest BCUT2D eigenvalue weighted by atomic mass is 10.1. The molecule has 1 aliphatic heterocycles. The van der Waals surface area contributed by atoms with E-state index >= 15 is 0 Å². The van der Waals surface area contributed by atoms with E-state index in [1.54, 1.807) is 11.0 Å². The Bertz CT molecular complexity index is 1070. The molecule has 1 aromatic heterocycles. The molecule has 0 radical (unpaired) electrons. The van der Waals surface area contributed by atoms with E-state index in [0.717, 1.165) is 15.2 Å². The highest BCUT2D eigenvalue weighted by Gasteiger charge is 2.25. The zero-order chi connectivity index (χ0) is 20.4. The second-order valence-electron chi connectivity index (χ2n) is 6.59. The highest BCUT2D eigenvalue weighted by Crippen LogP contribution is 2.22. The number of benzene rings is 2. The molecule has 0 unspecified atom stereocenters. The third kappa shape index (κ3) is 4.31. The predicted molar refractivity (Wildman–Crippen MR) is 113 cm³/mol. The summed E-state index contributed by atoms with van der Waals surface area (Å²) in [6, 6.07) is 11.7. The molecule has 148 valence electrons. The molecular formula is C21H17ClFN3O2S. The highest BCUT2D eigenvalue weighted by atomic mass is 35.5. The largest absolute Gasteiger partial charge is 0.336 e. The van der Waals surface area contributed by atoms with Crippen molar-refractivity contribution >= 4 is 51.0 Å². The average Bonchev–Trinajstić information content (AvgIpc) is 3.16. The van der Waals surface area contributed by atoms with Gasteiger partial charge in [0.15, 0.2) is 0 Å². The summed E-state index contributed by atoms with van der Waals surface area (Å²) in [6.45, 7) is 1.45. The molecule has 0 spiro atoms. The third-order valence-electron chi connectivity index (χ3n) is 4.72. The van der Waals surface area contributed by atoms with Crippen LogP contribution in [-0.2, 0) is 4.79 Å². The maximum absolute atomic E-state index is 13.9. The van der Waals surface area contributed by atoms with Crippen LogP contribution >= 0.6 is 22.9 Å². The van der Waals surface area contributed by atoms with Crippen LogP contribution in [0.4, 0.5) is 4.39 Å². The lowest BCUT2D eigenvalue weighted by molar-refractivity contribution is -0.127. The number of amides is 2. The average molecular weight is 430 g/mol. The summed E-state index contributed by atoms with van der Waals surface area (Å²) in [7, 11) is 0. The van der Waals surface area contributed by atoms with Crippen LogP contribution in [0.3, 0.4) is 0 Å². The zero-order valence-corrected chi connectivity index (χ0v) is 16.9. The van der Waals surface area contributed by atoms with Crippen LogP contribution in [0.1, 0.15) is 15.4 Å². The van der Waals surface area contributed by atoms with Gasteiger partial charge in [-0.1, -0.05) is 23.7 Å². The molecule has 1 fully saturated rings. The molecular weight excluding hydrogens is 413 g/mol. The monoisotopic (exact) mass is 429 g/mol. The van der Waals surface area contributed by atoms with Crippen molar-refractivity contribution in [1.82, 2.24) is 14.8 Å². The summed E-state index contributed by atoms with van der Waals surface area (Å²) in [6.07, 6.45) is 3.22. The molecule has 2 amide bonds. The van der Waals surface area contributed by atoms with E-state index in [2.05, 4.69) is 4.98 Å². The molecule has 0 atom stereocenters. The van der Waals surface area contributed by atoms with E-state index in [1.807, 2.05) is 24.3 Å². The fourth-order valence-corrected chi connectivity index (χ4v) is 4.21. The maximum atomic E-state index is 13.9. The number of para-hydroxylation sites is 1. The van der Waals surface area contributed by atoms with E-state index in [9.17, 15) is 14.0 Å². The number of thiazole rings is 1. The normalized spacial score (nSPS) is 14.7. The van der Waals surface area contributed by atoms with Gasteiger partial charge < -0.3 is 9.80 Å². The van der Waals surface area contributed by atoms with Gasteiger partial charge in [0.25, 0.3) is 5.91 Å². The number of hydrogen-bond donors (Lipinski definition) is 0. The van der Waals surface area contributed by atoms with Gasteiger partial charge in [-0.3, -0.25) is 9.59 Å². The van der Waals surface area contributed by atoms with Crippen molar-refractivity contribution in [2.24, 2.45) is 0 Å². The van der Waals surface area contributed by atoms with Crippen LogP contribution in [-0.4, -0.2) is 52.8 Å². The van der Waals surface area contributed by atoms with Gasteiger partial charge in [0, 0.05) is 37.3 Å². The van der Waals surface area contributed by atoms with Crippen LogP contribution < -0.4 is 0 Å². The van der Waals surface area contributed by atoms with Crippen LogP contribution in [0.5, 0.6) is 0 Å². The van der Waals surface area contributed by atoms with Gasteiger partial charge in [-0.25, -0.2) is 9.37 Å². The minimum absolute atomic E-state index is 0.0481. The third-order valence-corrected chi connectivity index (χ3v) is 5.95. The minimum Gasteiger partial charge on any atom is -0.336 e. The van der Waals surface area contributed by atoms with Crippen LogP contribution in [0.25, 0.3) is 16.3 Å². The SMILES string of the molecule is O=C(/C=C/c1nc2ccccc2s1)N1CCN(C(=O)c2cc(Cl)ccc2F)CC1. The maximum Gasteiger partial charge on any atom is 0.257 e. The predicted octanol–water partition coefficient (Wildman–Crippen LogP) is 4.09. The quantitative estimate of drug-likeness (QED) is 0.589. The second-order valence-corrected chi connectivity index (χ2v) is 8.09. The van der Waals surface area contributed by atoms with Crippen molar-refractivity contribution in [3.05, 3.63) is 70.0 Å². The van der Waals surface area contributed by atoms with E-state index in [1.165, 1.54) is 40.5 Å².